The maximum Gasteiger partial charge on any atom is 0.0491 e. The number of nitrogens with one attached hydrogen (secondary N) is 1. The van der Waals surface area contributed by atoms with Crippen molar-refractivity contribution in [3.8, 4) is 0 Å². The molecule has 0 radical (unpaired) electrons. The van der Waals surface area contributed by atoms with Crippen molar-refractivity contribution in [2.75, 3.05) is 19.7 Å². The van der Waals surface area contributed by atoms with Crippen LogP contribution in [0.2, 0.25) is 0 Å². The van der Waals surface area contributed by atoms with Gasteiger partial charge in [-0.3, -0.25) is 0 Å². The van der Waals surface area contributed by atoms with Gasteiger partial charge in [-0.2, -0.15) is 0 Å². The van der Waals surface area contributed by atoms with Crippen LogP contribution in [0.25, 0.3) is 0 Å². The van der Waals surface area contributed by atoms with E-state index in [-0.39, 0.29) is 0 Å². The first-order chi connectivity index (χ1) is 4.37. The molecular weight excluding hydrogens is 114 g/mol. The van der Waals surface area contributed by atoms with Gasteiger partial charge >= 0.3 is 0 Å². The van der Waals surface area contributed by atoms with Crippen LogP contribution in [0.1, 0.15) is 12.8 Å². The van der Waals surface area contributed by atoms with Crippen molar-refractivity contribution in [2.24, 2.45) is 11.3 Å². The molecule has 0 bridgehead atoms. The van der Waals surface area contributed by atoms with E-state index in [0.717, 1.165) is 19.0 Å². The quantitative estimate of drug-likeness (QED) is 0.519. The number of hydrogen-bond acceptors (Lipinski definition) is 2. The lowest BCUT2D eigenvalue weighted by Crippen LogP contribution is -2.30. The van der Waals surface area contributed by atoms with Crippen LogP contribution in [0, 0.1) is 11.3 Å². The number of aliphatic hydroxyl groups excluding tert-OH is 1. The molecule has 0 aromatic rings. The Balaban J connectivity index is 2.01. The SMILES string of the molecule is OC[C@@]12CCNC[C@H]1C2. The van der Waals surface area contributed by atoms with Gasteiger partial charge in [-0.15, -0.1) is 0 Å². The van der Waals surface area contributed by atoms with Crippen molar-refractivity contribution in [3.05, 3.63) is 0 Å². The van der Waals surface area contributed by atoms with E-state index in [4.69, 9.17) is 5.11 Å². The first-order valence-corrected chi connectivity index (χ1v) is 3.69. The summed E-state index contributed by atoms with van der Waals surface area (Å²) in [5, 5.41) is 12.3. The first kappa shape index (κ1) is 5.69. The van der Waals surface area contributed by atoms with Gasteiger partial charge in [-0.1, -0.05) is 0 Å². The maximum atomic E-state index is 8.96. The van der Waals surface area contributed by atoms with Gasteiger partial charge in [-0.05, 0) is 37.3 Å². The summed E-state index contributed by atoms with van der Waals surface area (Å²) in [4.78, 5) is 0. The second-order valence-corrected chi connectivity index (χ2v) is 3.38. The van der Waals surface area contributed by atoms with Crippen LogP contribution in [0.5, 0.6) is 0 Å². The highest BCUT2D eigenvalue weighted by molar-refractivity contribution is 5.05. The summed E-state index contributed by atoms with van der Waals surface area (Å²) in [6, 6.07) is 0. The molecule has 2 atom stereocenters. The van der Waals surface area contributed by atoms with Crippen molar-refractivity contribution in [1.29, 1.82) is 0 Å². The second-order valence-electron chi connectivity index (χ2n) is 3.38. The van der Waals surface area contributed by atoms with Crippen molar-refractivity contribution >= 4 is 0 Å². The minimum Gasteiger partial charge on any atom is -0.396 e. The fraction of sp³-hybridized carbons (Fsp3) is 1.00. The Morgan fingerprint density at radius 3 is 3.11 bits per heavy atom. The monoisotopic (exact) mass is 127 g/mol. The Morgan fingerprint density at radius 1 is 1.67 bits per heavy atom. The van der Waals surface area contributed by atoms with Crippen LogP contribution in [0.4, 0.5) is 0 Å². The Morgan fingerprint density at radius 2 is 2.56 bits per heavy atom. The molecule has 0 amide bonds. The molecule has 0 aromatic heterocycles. The number of hydrogen-bond donors (Lipinski definition) is 2. The fourth-order valence-corrected chi connectivity index (χ4v) is 1.91. The molecule has 0 aromatic carbocycles. The maximum absolute atomic E-state index is 8.96. The third kappa shape index (κ3) is 0.700. The van der Waals surface area contributed by atoms with E-state index in [0.29, 0.717) is 12.0 Å². The zero-order chi connectivity index (χ0) is 6.32. The number of fused-ring (bicyclic) bond motifs is 1. The molecule has 1 saturated heterocycles. The van der Waals surface area contributed by atoms with E-state index in [9.17, 15) is 0 Å². The van der Waals surface area contributed by atoms with Crippen LogP contribution in [0.15, 0.2) is 0 Å². The Kier molecular flexibility index (Phi) is 1.08. The van der Waals surface area contributed by atoms with Crippen LogP contribution < -0.4 is 5.32 Å². The van der Waals surface area contributed by atoms with Gasteiger partial charge in [-0.25, -0.2) is 0 Å². The Hall–Kier alpha value is -0.0800. The third-order valence-corrected chi connectivity index (χ3v) is 2.86. The molecule has 0 spiro atoms. The molecule has 2 N–H and O–H groups in total. The van der Waals surface area contributed by atoms with Crippen molar-refractivity contribution in [1.82, 2.24) is 5.32 Å². The highest BCUT2D eigenvalue weighted by Crippen LogP contribution is 2.55. The molecule has 1 saturated carbocycles. The fourth-order valence-electron chi connectivity index (χ4n) is 1.91. The van der Waals surface area contributed by atoms with E-state index >= 15 is 0 Å². The van der Waals surface area contributed by atoms with E-state index in [2.05, 4.69) is 5.32 Å². The zero-order valence-corrected chi connectivity index (χ0v) is 5.56. The summed E-state index contributed by atoms with van der Waals surface area (Å²) in [6.45, 7) is 2.66. The number of aliphatic hydroxyl groups is 1. The predicted molar refractivity (Wildman–Crippen MR) is 35.1 cm³/mol. The van der Waals surface area contributed by atoms with Crippen LogP contribution in [0.3, 0.4) is 0 Å². The predicted octanol–water partition coefficient (Wildman–Crippen LogP) is -0.0217. The second kappa shape index (κ2) is 1.70. The first-order valence-electron chi connectivity index (χ1n) is 3.69. The average Bonchev–Trinajstić information content (AvgIpc) is 2.62. The van der Waals surface area contributed by atoms with Gasteiger partial charge in [0.25, 0.3) is 0 Å². The molecule has 52 valence electrons. The van der Waals surface area contributed by atoms with Gasteiger partial charge in [0.2, 0.25) is 0 Å². The van der Waals surface area contributed by atoms with Gasteiger partial charge in [0.1, 0.15) is 0 Å². The topological polar surface area (TPSA) is 32.3 Å². The molecule has 9 heavy (non-hydrogen) atoms. The summed E-state index contributed by atoms with van der Waals surface area (Å²) in [5.41, 5.74) is 0.380. The minimum atomic E-state index is 0.380. The van der Waals surface area contributed by atoms with Crippen molar-refractivity contribution in [3.63, 3.8) is 0 Å². The van der Waals surface area contributed by atoms with E-state index in [1.54, 1.807) is 0 Å². The summed E-state index contributed by atoms with van der Waals surface area (Å²) in [7, 11) is 0. The van der Waals surface area contributed by atoms with E-state index in [1.807, 2.05) is 0 Å². The lowest BCUT2D eigenvalue weighted by Gasteiger charge is -2.19. The smallest absolute Gasteiger partial charge is 0.0491 e. The highest BCUT2D eigenvalue weighted by Gasteiger charge is 2.54. The summed E-state index contributed by atoms with van der Waals surface area (Å²) in [5.74, 6) is 0.802. The molecular formula is C7H13NO. The molecule has 1 aliphatic carbocycles. The molecule has 0 unspecified atom stereocenters. The lowest BCUT2D eigenvalue weighted by atomic mass is 9.98. The molecule has 2 heteroatoms. The molecule has 2 rings (SSSR count). The summed E-state index contributed by atoms with van der Waals surface area (Å²) < 4.78 is 0. The van der Waals surface area contributed by atoms with Crippen LogP contribution >= 0.6 is 0 Å². The zero-order valence-electron chi connectivity index (χ0n) is 5.56. The van der Waals surface area contributed by atoms with Gasteiger partial charge in [0.05, 0.1) is 0 Å². The Labute approximate surface area is 55.3 Å². The standard InChI is InChI=1S/C7H13NO/c9-5-7-1-2-8-4-6(7)3-7/h6,8-9H,1-5H2/t6-,7+/m1/s1. The number of rotatable bonds is 1. The van der Waals surface area contributed by atoms with Gasteiger partial charge < -0.3 is 10.4 Å². The molecule has 2 fully saturated rings. The number of piperidine rings is 1. The van der Waals surface area contributed by atoms with Crippen molar-refractivity contribution < 1.29 is 5.11 Å². The van der Waals surface area contributed by atoms with E-state index in [1.165, 1.54) is 12.8 Å². The summed E-state index contributed by atoms with van der Waals surface area (Å²) in [6.07, 6.45) is 2.45. The molecule has 2 aliphatic rings. The van der Waals surface area contributed by atoms with Crippen LogP contribution in [-0.4, -0.2) is 24.8 Å². The molecule has 1 aliphatic heterocycles. The van der Waals surface area contributed by atoms with Gasteiger partial charge in [0.15, 0.2) is 0 Å². The average molecular weight is 127 g/mol. The Bertz CT molecular complexity index is 126. The highest BCUT2D eigenvalue weighted by atomic mass is 16.3. The molecule has 1 heterocycles. The lowest BCUT2D eigenvalue weighted by molar-refractivity contribution is 0.176. The normalized spacial score (nSPS) is 48.3. The van der Waals surface area contributed by atoms with E-state index < -0.39 is 0 Å². The van der Waals surface area contributed by atoms with Gasteiger partial charge in [0, 0.05) is 6.61 Å². The molecule has 2 nitrogen and oxygen atoms in total. The third-order valence-electron chi connectivity index (χ3n) is 2.86. The summed E-state index contributed by atoms with van der Waals surface area (Å²) >= 11 is 0. The van der Waals surface area contributed by atoms with Crippen molar-refractivity contribution in [2.45, 2.75) is 12.8 Å². The van der Waals surface area contributed by atoms with Crippen LogP contribution in [-0.2, 0) is 0 Å². The minimum absolute atomic E-state index is 0.380. The largest absolute Gasteiger partial charge is 0.396 e.